The maximum atomic E-state index is 12.5. The molecule has 0 bridgehead atoms. The molecule has 4 rings (SSSR count). The fourth-order valence-electron chi connectivity index (χ4n) is 3.85. The molecule has 5 atom stereocenters. The van der Waals surface area contributed by atoms with Crippen LogP contribution in [0, 0.1) is 6.92 Å². The van der Waals surface area contributed by atoms with Crippen molar-refractivity contribution in [3.8, 4) is 17.2 Å². The average Bonchev–Trinajstić information content (AvgIpc) is 2.72. The molecule has 0 unspecified atom stereocenters. The number of aliphatic hydroxyl groups is 4. The van der Waals surface area contributed by atoms with Crippen LogP contribution in [-0.4, -0.2) is 75.8 Å². The van der Waals surface area contributed by atoms with E-state index in [0.717, 1.165) is 12.1 Å². The van der Waals surface area contributed by atoms with Gasteiger partial charge in [-0.3, -0.25) is 4.55 Å². The van der Waals surface area contributed by atoms with Crippen molar-refractivity contribution in [1.29, 1.82) is 0 Å². The number of ether oxygens (including phenoxy) is 2. The lowest BCUT2D eigenvalue weighted by Crippen LogP contribution is -2.60. The Morgan fingerprint density at radius 3 is 2.31 bits per heavy atom. The molecule has 2 aromatic carbocycles. The molecule has 1 aliphatic heterocycles. The van der Waals surface area contributed by atoms with Crippen LogP contribution >= 0.6 is 0 Å². The Hall–Kier alpha value is -3.02. The summed E-state index contributed by atoms with van der Waals surface area (Å²) in [6.45, 7) is 0.926. The third kappa shape index (κ3) is 5.02. The quantitative estimate of drug-likeness (QED) is 0.128. The average molecular weight is 517 g/mol. The largest absolute Gasteiger partial charge is 0.507 e. The van der Waals surface area contributed by atoms with Gasteiger partial charge in [-0.1, -0.05) is 0 Å². The van der Waals surface area contributed by atoms with Gasteiger partial charge in [-0.25, -0.2) is 4.79 Å². The maximum Gasteiger partial charge on any atom is 0.446 e. The molecule has 0 saturated carbocycles. The van der Waals surface area contributed by atoms with E-state index in [0.29, 0.717) is 5.56 Å². The lowest BCUT2D eigenvalue weighted by atomic mass is 9.99. The van der Waals surface area contributed by atoms with E-state index in [2.05, 4.69) is 4.18 Å². The van der Waals surface area contributed by atoms with Crippen LogP contribution in [0.2, 0.25) is 0 Å². The standard InChI is InChI=1S/C20H20O13S.H3N/c1-7-2-8(30-20-18(25)17(24)16(23)13(6-21)32-20)5-12-14(7)10-3-9(33-34(27,28)29)4-11(22)15(10)19(26)31-12;/h2-5,13,16-18,20-25H,6H2,1H3,(H,27,28,29);1H3/t13-,16-,17+,18-,20-;/m1./s1. The molecule has 1 saturated heterocycles. The zero-order chi connectivity index (χ0) is 24.9. The highest BCUT2D eigenvalue weighted by molar-refractivity contribution is 7.81. The Bertz CT molecular complexity index is 1420. The van der Waals surface area contributed by atoms with Crippen molar-refractivity contribution in [3.05, 3.63) is 40.2 Å². The highest BCUT2D eigenvalue weighted by Gasteiger charge is 2.44. The molecule has 1 aliphatic rings. The Morgan fingerprint density at radius 1 is 1.00 bits per heavy atom. The number of phenolic OH excluding ortho intramolecular Hbond substituents is 1. The van der Waals surface area contributed by atoms with E-state index in [-0.39, 0.29) is 33.6 Å². The summed E-state index contributed by atoms with van der Waals surface area (Å²) in [6.07, 6.45) is -7.60. The van der Waals surface area contributed by atoms with Crippen molar-refractivity contribution in [2.24, 2.45) is 0 Å². The molecule has 15 heteroatoms. The van der Waals surface area contributed by atoms with Gasteiger partial charge in [0.2, 0.25) is 6.29 Å². The smallest absolute Gasteiger partial charge is 0.446 e. The predicted octanol–water partition coefficient (Wildman–Crippen LogP) is -0.517. The second kappa shape index (κ2) is 9.56. The molecular formula is C20H23NO13S. The van der Waals surface area contributed by atoms with Crippen molar-refractivity contribution >= 4 is 32.1 Å². The van der Waals surface area contributed by atoms with Crippen LogP contribution in [0.1, 0.15) is 5.56 Å². The first kappa shape index (κ1) is 26.6. The number of benzene rings is 2. The van der Waals surface area contributed by atoms with E-state index >= 15 is 0 Å². The summed E-state index contributed by atoms with van der Waals surface area (Å²) < 4.78 is 51.6. The van der Waals surface area contributed by atoms with Gasteiger partial charge in [0.25, 0.3) is 0 Å². The Kier molecular flexibility index (Phi) is 7.26. The highest BCUT2D eigenvalue weighted by Crippen LogP contribution is 2.37. The van der Waals surface area contributed by atoms with Crippen LogP contribution in [-0.2, 0) is 15.1 Å². The summed E-state index contributed by atoms with van der Waals surface area (Å²) >= 11 is 0. The zero-order valence-electron chi connectivity index (χ0n) is 18.1. The van der Waals surface area contributed by atoms with E-state index in [1.54, 1.807) is 6.92 Å². The molecule has 2 heterocycles. The molecule has 0 radical (unpaired) electrons. The van der Waals surface area contributed by atoms with Gasteiger partial charge >= 0.3 is 16.0 Å². The van der Waals surface area contributed by atoms with Crippen molar-refractivity contribution in [2.75, 3.05) is 6.61 Å². The monoisotopic (exact) mass is 517 g/mol. The maximum absolute atomic E-state index is 12.5. The molecule has 1 fully saturated rings. The SMILES string of the molecule is Cc1cc(O[C@@H]2O[C@H](CO)[C@@H](O)[C@H](O)[C@H]2O)cc2oc(=O)c3c(O)cc(OS(=O)(=O)O)cc3c12.N. The molecule has 35 heavy (non-hydrogen) atoms. The number of rotatable bonds is 5. The summed E-state index contributed by atoms with van der Waals surface area (Å²) in [5.41, 5.74) is -0.613. The van der Waals surface area contributed by atoms with Crippen molar-refractivity contribution in [1.82, 2.24) is 6.15 Å². The minimum absolute atomic E-state index is 0. The lowest BCUT2D eigenvalue weighted by Gasteiger charge is -2.39. The van der Waals surface area contributed by atoms with Crippen LogP contribution in [0.3, 0.4) is 0 Å². The number of phenols is 1. The second-order valence-corrected chi connectivity index (χ2v) is 8.72. The van der Waals surface area contributed by atoms with Gasteiger partial charge in [0.1, 0.15) is 52.6 Å². The first-order chi connectivity index (χ1) is 15.9. The summed E-state index contributed by atoms with van der Waals surface area (Å²) in [4.78, 5) is 12.5. The molecule has 9 N–H and O–H groups in total. The first-order valence-corrected chi connectivity index (χ1v) is 11.1. The summed E-state index contributed by atoms with van der Waals surface area (Å²) in [7, 11) is -4.91. The number of fused-ring (bicyclic) bond motifs is 3. The van der Waals surface area contributed by atoms with Gasteiger partial charge in [0.15, 0.2) is 0 Å². The van der Waals surface area contributed by atoms with Gasteiger partial charge < -0.3 is 49.8 Å². The first-order valence-electron chi connectivity index (χ1n) is 9.78. The number of hydrogen-bond donors (Lipinski definition) is 7. The minimum Gasteiger partial charge on any atom is -0.507 e. The predicted molar refractivity (Wildman–Crippen MR) is 118 cm³/mol. The molecule has 3 aromatic rings. The van der Waals surface area contributed by atoms with E-state index in [4.69, 9.17) is 18.4 Å². The molecule has 0 amide bonds. The normalized spacial score (nSPS) is 24.8. The van der Waals surface area contributed by atoms with Crippen LogP contribution < -0.4 is 20.7 Å². The van der Waals surface area contributed by atoms with Gasteiger partial charge in [0.05, 0.1) is 6.61 Å². The van der Waals surface area contributed by atoms with E-state index in [9.17, 15) is 38.7 Å². The molecule has 192 valence electrons. The van der Waals surface area contributed by atoms with Gasteiger partial charge in [0, 0.05) is 22.9 Å². The lowest BCUT2D eigenvalue weighted by molar-refractivity contribution is -0.277. The van der Waals surface area contributed by atoms with Crippen molar-refractivity contribution in [2.45, 2.75) is 37.6 Å². The third-order valence-corrected chi connectivity index (χ3v) is 5.75. The zero-order valence-corrected chi connectivity index (χ0v) is 18.9. The summed E-state index contributed by atoms with van der Waals surface area (Å²) in [6, 6.07) is 4.63. The number of aromatic hydroxyl groups is 1. The Morgan fingerprint density at radius 2 is 1.69 bits per heavy atom. The van der Waals surface area contributed by atoms with Crippen LogP contribution in [0.5, 0.6) is 17.2 Å². The Balaban J connectivity index is 0.00000342. The van der Waals surface area contributed by atoms with E-state index in [1.165, 1.54) is 12.1 Å². The minimum atomic E-state index is -4.91. The topological polar surface area (TPSA) is 248 Å². The fraction of sp³-hybridized carbons (Fsp3) is 0.350. The number of hydrogen-bond acceptors (Lipinski definition) is 13. The van der Waals surface area contributed by atoms with E-state index in [1.807, 2.05) is 0 Å². The van der Waals surface area contributed by atoms with Crippen LogP contribution in [0.15, 0.2) is 33.5 Å². The third-order valence-electron chi connectivity index (χ3n) is 5.34. The van der Waals surface area contributed by atoms with Gasteiger partial charge in [-0.15, -0.1) is 0 Å². The van der Waals surface area contributed by atoms with Crippen molar-refractivity contribution in [3.63, 3.8) is 0 Å². The Labute approximate surface area is 197 Å². The fourth-order valence-corrected chi connectivity index (χ4v) is 4.19. The number of aliphatic hydroxyl groups excluding tert-OH is 4. The van der Waals surface area contributed by atoms with Crippen LogP contribution in [0.25, 0.3) is 21.7 Å². The molecule has 0 aliphatic carbocycles. The van der Waals surface area contributed by atoms with Gasteiger partial charge in [-0.2, -0.15) is 8.42 Å². The van der Waals surface area contributed by atoms with E-state index < -0.39 is 64.8 Å². The summed E-state index contributed by atoms with van der Waals surface area (Å²) in [5.74, 6) is -1.08. The van der Waals surface area contributed by atoms with Crippen LogP contribution in [0.4, 0.5) is 0 Å². The second-order valence-electron chi connectivity index (χ2n) is 7.69. The van der Waals surface area contributed by atoms with Crippen molar-refractivity contribution < 1.29 is 56.6 Å². The number of aryl methyl sites for hydroxylation is 1. The molecular weight excluding hydrogens is 494 g/mol. The molecule has 0 spiro atoms. The summed E-state index contributed by atoms with van der Waals surface area (Å²) in [5, 5.41) is 49.6. The highest BCUT2D eigenvalue weighted by atomic mass is 32.3. The van der Waals surface area contributed by atoms with Gasteiger partial charge in [-0.05, 0) is 24.6 Å². The molecule has 14 nitrogen and oxygen atoms in total. The molecule has 1 aromatic heterocycles.